The van der Waals surface area contributed by atoms with Gasteiger partial charge in [0.15, 0.2) is 0 Å². The van der Waals surface area contributed by atoms with Crippen LogP contribution in [0.5, 0.6) is 0 Å². The highest BCUT2D eigenvalue weighted by Gasteiger charge is 2.20. The molecule has 0 radical (unpaired) electrons. The first kappa shape index (κ1) is 11.6. The minimum atomic E-state index is 0.700. The van der Waals surface area contributed by atoms with E-state index in [1.807, 2.05) is 13.1 Å². The quantitative estimate of drug-likeness (QED) is 0.833. The van der Waals surface area contributed by atoms with Crippen molar-refractivity contribution in [2.24, 2.45) is 0 Å². The maximum atomic E-state index is 4.35. The number of likely N-dealkylation sites (N-methyl/N-ethyl adjacent to an activating group) is 1. The summed E-state index contributed by atoms with van der Waals surface area (Å²) in [6.07, 6.45) is 3.27. The van der Waals surface area contributed by atoms with Gasteiger partial charge < -0.3 is 5.32 Å². The lowest BCUT2D eigenvalue weighted by Crippen LogP contribution is -2.36. The molecule has 1 N–H and O–H groups in total. The van der Waals surface area contributed by atoms with E-state index in [-0.39, 0.29) is 0 Å². The third kappa shape index (κ3) is 2.80. The molecule has 3 heteroatoms. The lowest BCUT2D eigenvalue weighted by molar-refractivity contribution is 0.210. The number of rotatable bonds is 4. The lowest BCUT2D eigenvalue weighted by Gasteiger charge is -2.26. The van der Waals surface area contributed by atoms with E-state index in [0.29, 0.717) is 6.04 Å². The highest BCUT2D eigenvalue weighted by Crippen LogP contribution is 2.12. The Labute approximate surface area is 97.9 Å². The number of nitrogens with zero attached hydrogens (tertiary/aromatic N) is 2. The van der Waals surface area contributed by atoms with Crippen LogP contribution in [0.4, 0.5) is 0 Å². The Morgan fingerprint density at radius 3 is 2.94 bits per heavy atom. The van der Waals surface area contributed by atoms with Crippen LogP contribution in [0.15, 0.2) is 18.3 Å². The smallest absolute Gasteiger partial charge is 0.0372 e. The number of nitrogens with one attached hydrogen (secondary N) is 1. The second-order valence-electron chi connectivity index (χ2n) is 4.52. The summed E-state index contributed by atoms with van der Waals surface area (Å²) in [7, 11) is 0. The molecule has 1 atom stereocenters. The first-order valence-electron chi connectivity index (χ1n) is 6.16. The first-order valence-corrected chi connectivity index (χ1v) is 6.16. The molecule has 1 aromatic rings. The average Bonchev–Trinajstić information content (AvgIpc) is 2.82. The topological polar surface area (TPSA) is 28.2 Å². The normalized spacial score (nSPS) is 20.6. The maximum Gasteiger partial charge on any atom is 0.0372 e. The van der Waals surface area contributed by atoms with Crippen LogP contribution in [0.25, 0.3) is 0 Å². The van der Waals surface area contributed by atoms with Crippen molar-refractivity contribution in [2.75, 3.05) is 19.6 Å². The molecule has 2 heterocycles. The monoisotopic (exact) mass is 219 g/mol. The maximum absolute atomic E-state index is 4.35. The fourth-order valence-corrected chi connectivity index (χ4v) is 2.28. The van der Waals surface area contributed by atoms with Gasteiger partial charge in [0.1, 0.15) is 0 Å². The number of aromatic nitrogens is 1. The summed E-state index contributed by atoms with van der Waals surface area (Å²) < 4.78 is 0. The zero-order chi connectivity index (χ0) is 11.4. The Kier molecular flexibility index (Phi) is 3.91. The molecule has 16 heavy (non-hydrogen) atoms. The lowest BCUT2D eigenvalue weighted by atomic mass is 10.2. The highest BCUT2D eigenvalue weighted by atomic mass is 15.2. The molecule has 1 aliphatic heterocycles. The molecule has 1 aliphatic rings. The second kappa shape index (κ2) is 5.41. The zero-order valence-corrected chi connectivity index (χ0v) is 10.2. The number of hydrogen-bond acceptors (Lipinski definition) is 3. The van der Waals surface area contributed by atoms with Crippen molar-refractivity contribution >= 4 is 0 Å². The SMILES string of the molecule is CCN(Cc1ccc(C)nc1)C1CCNC1. The summed E-state index contributed by atoms with van der Waals surface area (Å²) >= 11 is 0. The van der Waals surface area contributed by atoms with E-state index >= 15 is 0 Å². The largest absolute Gasteiger partial charge is 0.315 e. The third-order valence-corrected chi connectivity index (χ3v) is 3.32. The zero-order valence-electron chi connectivity index (χ0n) is 10.2. The van der Waals surface area contributed by atoms with Gasteiger partial charge in [-0.2, -0.15) is 0 Å². The molecule has 0 spiro atoms. The molecule has 0 saturated carbocycles. The summed E-state index contributed by atoms with van der Waals surface area (Å²) in [5.41, 5.74) is 2.41. The van der Waals surface area contributed by atoms with E-state index < -0.39 is 0 Å². The molecule has 3 nitrogen and oxygen atoms in total. The van der Waals surface area contributed by atoms with Gasteiger partial charge in [-0.1, -0.05) is 13.0 Å². The molecule has 1 fully saturated rings. The number of pyridine rings is 1. The van der Waals surface area contributed by atoms with Crippen LogP contribution in [0, 0.1) is 6.92 Å². The Bertz CT molecular complexity index is 314. The molecule has 2 rings (SSSR count). The molecule has 0 aliphatic carbocycles. The van der Waals surface area contributed by atoms with Crippen LogP contribution in [-0.2, 0) is 6.54 Å². The molecular formula is C13H21N3. The Balaban J connectivity index is 1.97. The van der Waals surface area contributed by atoms with Crippen LogP contribution in [0.2, 0.25) is 0 Å². The predicted octanol–water partition coefficient (Wildman–Crippen LogP) is 1.57. The van der Waals surface area contributed by atoms with Gasteiger partial charge in [-0.05, 0) is 38.1 Å². The van der Waals surface area contributed by atoms with Crippen LogP contribution in [0.1, 0.15) is 24.6 Å². The molecule has 1 unspecified atom stereocenters. The van der Waals surface area contributed by atoms with E-state index in [2.05, 4.69) is 34.3 Å². The number of hydrogen-bond donors (Lipinski definition) is 1. The van der Waals surface area contributed by atoms with Crippen molar-refractivity contribution in [1.29, 1.82) is 0 Å². The van der Waals surface area contributed by atoms with Crippen molar-refractivity contribution in [2.45, 2.75) is 32.9 Å². The molecule has 1 saturated heterocycles. The van der Waals surface area contributed by atoms with E-state index in [1.54, 1.807) is 0 Å². The van der Waals surface area contributed by atoms with Gasteiger partial charge in [0, 0.05) is 31.0 Å². The first-order chi connectivity index (χ1) is 7.79. The van der Waals surface area contributed by atoms with Crippen LogP contribution >= 0.6 is 0 Å². The van der Waals surface area contributed by atoms with Crippen molar-refractivity contribution in [3.05, 3.63) is 29.6 Å². The minimum absolute atomic E-state index is 0.700. The molecule has 0 aromatic carbocycles. The van der Waals surface area contributed by atoms with Crippen molar-refractivity contribution < 1.29 is 0 Å². The van der Waals surface area contributed by atoms with E-state index in [0.717, 1.165) is 31.9 Å². The van der Waals surface area contributed by atoms with Crippen LogP contribution < -0.4 is 5.32 Å². The van der Waals surface area contributed by atoms with E-state index in [1.165, 1.54) is 12.0 Å². The van der Waals surface area contributed by atoms with Gasteiger partial charge in [-0.15, -0.1) is 0 Å². The van der Waals surface area contributed by atoms with Gasteiger partial charge in [-0.25, -0.2) is 0 Å². The summed E-state index contributed by atoms with van der Waals surface area (Å²) in [4.78, 5) is 6.88. The van der Waals surface area contributed by atoms with E-state index in [4.69, 9.17) is 0 Å². The fraction of sp³-hybridized carbons (Fsp3) is 0.615. The molecular weight excluding hydrogens is 198 g/mol. The van der Waals surface area contributed by atoms with Crippen molar-refractivity contribution in [1.82, 2.24) is 15.2 Å². The van der Waals surface area contributed by atoms with Gasteiger partial charge in [-0.3, -0.25) is 9.88 Å². The van der Waals surface area contributed by atoms with Crippen LogP contribution in [-0.4, -0.2) is 35.6 Å². The number of aryl methyl sites for hydroxylation is 1. The minimum Gasteiger partial charge on any atom is -0.315 e. The molecule has 88 valence electrons. The summed E-state index contributed by atoms with van der Waals surface area (Å²) in [5, 5.41) is 3.42. The fourth-order valence-electron chi connectivity index (χ4n) is 2.28. The van der Waals surface area contributed by atoms with Gasteiger partial charge in [0.25, 0.3) is 0 Å². The van der Waals surface area contributed by atoms with Gasteiger partial charge in [0.2, 0.25) is 0 Å². The van der Waals surface area contributed by atoms with Gasteiger partial charge >= 0.3 is 0 Å². The molecule has 0 amide bonds. The Hall–Kier alpha value is -0.930. The predicted molar refractivity (Wildman–Crippen MR) is 66.3 cm³/mol. The molecule has 0 bridgehead atoms. The average molecular weight is 219 g/mol. The Morgan fingerprint density at radius 2 is 2.38 bits per heavy atom. The second-order valence-corrected chi connectivity index (χ2v) is 4.52. The summed E-state index contributed by atoms with van der Waals surface area (Å²) in [6.45, 7) is 8.69. The third-order valence-electron chi connectivity index (χ3n) is 3.32. The summed E-state index contributed by atoms with van der Waals surface area (Å²) in [6, 6.07) is 4.98. The van der Waals surface area contributed by atoms with Crippen molar-refractivity contribution in [3.63, 3.8) is 0 Å². The summed E-state index contributed by atoms with van der Waals surface area (Å²) in [5.74, 6) is 0. The standard InChI is InChI=1S/C13H21N3/c1-3-16(13-6-7-14-9-13)10-12-5-4-11(2)15-8-12/h4-5,8,13-14H,3,6-7,9-10H2,1-2H3. The Morgan fingerprint density at radius 1 is 1.50 bits per heavy atom. The molecule has 1 aromatic heterocycles. The highest BCUT2D eigenvalue weighted by molar-refractivity contribution is 5.13. The van der Waals surface area contributed by atoms with E-state index in [9.17, 15) is 0 Å². The van der Waals surface area contributed by atoms with Crippen molar-refractivity contribution in [3.8, 4) is 0 Å². The van der Waals surface area contributed by atoms with Gasteiger partial charge in [0.05, 0.1) is 0 Å². The van der Waals surface area contributed by atoms with Crippen LogP contribution in [0.3, 0.4) is 0 Å².